The molecule has 0 atom stereocenters. The first-order valence-corrected chi connectivity index (χ1v) is 10.8. The fourth-order valence-corrected chi connectivity index (χ4v) is 4.43. The number of fused-ring (bicyclic) bond motifs is 1. The summed E-state index contributed by atoms with van der Waals surface area (Å²) in [5, 5.41) is 5.07. The highest BCUT2D eigenvalue weighted by Gasteiger charge is 2.15. The van der Waals surface area contributed by atoms with Gasteiger partial charge in [0.25, 0.3) is 0 Å². The van der Waals surface area contributed by atoms with Gasteiger partial charge in [-0.25, -0.2) is 4.39 Å². The number of piperazine rings is 1. The molecule has 0 aromatic heterocycles. The van der Waals surface area contributed by atoms with Crippen molar-refractivity contribution in [2.24, 2.45) is 0 Å². The number of benzene rings is 3. The van der Waals surface area contributed by atoms with Crippen LogP contribution >= 0.6 is 11.9 Å². The van der Waals surface area contributed by atoms with E-state index in [2.05, 4.69) is 27.1 Å². The van der Waals surface area contributed by atoms with Crippen molar-refractivity contribution >= 4 is 28.4 Å². The van der Waals surface area contributed by atoms with Crippen molar-refractivity contribution in [3.05, 3.63) is 66.0 Å². The van der Waals surface area contributed by atoms with Gasteiger partial charge in [0.15, 0.2) is 0 Å². The second kappa shape index (κ2) is 9.48. The SMILES string of the molecule is COc1ccc(SNCCc2ccc(F)c3ccccc23)cc1N1CCNCC1. The number of ether oxygens (including phenoxy) is 1. The van der Waals surface area contributed by atoms with Gasteiger partial charge in [-0.1, -0.05) is 30.3 Å². The third-order valence-electron chi connectivity index (χ3n) is 5.26. The van der Waals surface area contributed by atoms with Gasteiger partial charge in [-0.2, -0.15) is 0 Å². The van der Waals surface area contributed by atoms with E-state index in [-0.39, 0.29) is 5.82 Å². The van der Waals surface area contributed by atoms with Gasteiger partial charge in [-0.15, -0.1) is 0 Å². The number of nitrogens with zero attached hydrogens (tertiary/aromatic N) is 1. The maximum Gasteiger partial charge on any atom is 0.142 e. The summed E-state index contributed by atoms with van der Waals surface area (Å²) < 4.78 is 23.0. The Balaban J connectivity index is 1.39. The van der Waals surface area contributed by atoms with Crippen molar-refractivity contribution < 1.29 is 9.13 Å². The van der Waals surface area contributed by atoms with Gasteiger partial charge in [0.2, 0.25) is 0 Å². The fourth-order valence-electron chi connectivity index (χ4n) is 3.75. The molecule has 1 heterocycles. The highest BCUT2D eigenvalue weighted by Crippen LogP contribution is 2.32. The van der Waals surface area contributed by atoms with Crippen LogP contribution in [0.4, 0.5) is 10.1 Å². The highest BCUT2D eigenvalue weighted by atomic mass is 32.2. The molecule has 3 aromatic rings. The summed E-state index contributed by atoms with van der Waals surface area (Å²) >= 11 is 1.62. The molecule has 0 saturated carbocycles. The summed E-state index contributed by atoms with van der Waals surface area (Å²) in [5.41, 5.74) is 2.30. The zero-order valence-electron chi connectivity index (χ0n) is 16.6. The lowest BCUT2D eigenvalue weighted by Crippen LogP contribution is -2.43. The van der Waals surface area contributed by atoms with Crippen LogP contribution in [0.3, 0.4) is 0 Å². The fraction of sp³-hybridized carbons (Fsp3) is 0.304. The van der Waals surface area contributed by atoms with Crippen LogP contribution in [0.5, 0.6) is 5.75 Å². The Morgan fingerprint density at radius 1 is 1.07 bits per heavy atom. The van der Waals surface area contributed by atoms with Crippen LogP contribution in [0.2, 0.25) is 0 Å². The number of hydrogen-bond acceptors (Lipinski definition) is 5. The first-order chi connectivity index (χ1) is 14.3. The van der Waals surface area contributed by atoms with Gasteiger partial charge >= 0.3 is 0 Å². The first-order valence-electron chi connectivity index (χ1n) is 9.96. The Morgan fingerprint density at radius 2 is 1.86 bits per heavy atom. The van der Waals surface area contributed by atoms with Gasteiger partial charge in [0.1, 0.15) is 11.6 Å². The number of nitrogens with one attached hydrogen (secondary N) is 2. The quantitative estimate of drug-likeness (QED) is 0.449. The lowest BCUT2D eigenvalue weighted by molar-refractivity contribution is 0.412. The standard InChI is InChI=1S/C23H26FN3OS/c1-28-23-9-7-18(16-22(23)27-14-12-25-13-15-27)29-26-11-10-17-6-8-21(24)20-5-3-2-4-19(17)20/h2-9,16,25-26H,10-15H2,1H3. The van der Waals surface area contributed by atoms with E-state index in [4.69, 9.17) is 4.74 Å². The maximum absolute atomic E-state index is 14.0. The Morgan fingerprint density at radius 3 is 2.66 bits per heavy atom. The Labute approximate surface area is 175 Å². The molecule has 6 heteroatoms. The van der Waals surface area contributed by atoms with E-state index in [1.165, 1.54) is 0 Å². The van der Waals surface area contributed by atoms with Crippen molar-refractivity contribution in [1.29, 1.82) is 0 Å². The number of methoxy groups -OCH3 is 1. The molecule has 1 aliphatic rings. The summed E-state index contributed by atoms with van der Waals surface area (Å²) in [6, 6.07) is 17.4. The summed E-state index contributed by atoms with van der Waals surface area (Å²) in [5.74, 6) is 0.749. The van der Waals surface area contributed by atoms with Gasteiger partial charge in [0, 0.05) is 43.0 Å². The number of anilines is 1. The zero-order valence-corrected chi connectivity index (χ0v) is 17.4. The van der Waals surface area contributed by atoms with Gasteiger partial charge in [-0.05, 0) is 53.6 Å². The summed E-state index contributed by atoms with van der Waals surface area (Å²) in [6.07, 6.45) is 0.842. The molecule has 1 saturated heterocycles. The van der Waals surface area contributed by atoms with Crippen molar-refractivity contribution in [3.63, 3.8) is 0 Å². The van der Waals surface area contributed by atoms with Crippen molar-refractivity contribution in [1.82, 2.24) is 10.0 Å². The summed E-state index contributed by atoms with van der Waals surface area (Å²) in [7, 11) is 1.72. The zero-order chi connectivity index (χ0) is 20.1. The van der Waals surface area contributed by atoms with Crippen molar-refractivity contribution in [3.8, 4) is 5.75 Å². The van der Waals surface area contributed by atoms with Crippen LogP contribution in [0, 0.1) is 5.82 Å². The molecule has 1 aliphatic heterocycles. The van der Waals surface area contributed by atoms with E-state index in [0.29, 0.717) is 5.39 Å². The molecular formula is C23H26FN3OS. The lowest BCUT2D eigenvalue weighted by atomic mass is 10.0. The molecule has 0 radical (unpaired) electrons. The molecule has 1 fully saturated rings. The van der Waals surface area contributed by atoms with Crippen LogP contribution in [0.1, 0.15) is 5.56 Å². The Hall–Kier alpha value is -2.28. The van der Waals surface area contributed by atoms with E-state index in [9.17, 15) is 4.39 Å². The minimum Gasteiger partial charge on any atom is -0.495 e. The molecular weight excluding hydrogens is 385 g/mol. The normalized spacial score (nSPS) is 14.3. The molecule has 0 unspecified atom stereocenters. The van der Waals surface area contributed by atoms with Crippen LogP contribution in [0.15, 0.2) is 59.5 Å². The number of hydrogen-bond donors (Lipinski definition) is 2. The molecule has 4 rings (SSSR count). The number of halogens is 1. The van der Waals surface area contributed by atoms with E-state index >= 15 is 0 Å². The average Bonchev–Trinajstić information content (AvgIpc) is 2.78. The molecule has 152 valence electrons. The van der Waals surface area contributed by atoms with Crippen molar-refractivity contribution in [2.45, 2.75) is 11.3 Å². The van der Waals surface area contributed by atoms with E-state index in [0.717, 1.165) is 66.4 Å². The molecule has 0 bridgehead atoms. The van der Waals surface area contributed by atoms with E-state index in [1.54, 1.807) is 25.1 Å². The monoisotopic (exact) mass is 411 g/mol. The first kappa shape index (κ1) is 20.0. The minimum atomic E-state index is -0.162. The van der Waals surface area contributed by atoms with E-state index < -0.39 is 0 Å². The smallest absolute Gasteiger partial charge is 0.142 e. The molecule has 2 N–H and O–H groups in total. The molecule has 4 nitrogen and oxygen atoms in total. The number of rotatable bonds is 7. The lowest BCUT2D eigenvalue weighted by Gasteiger charge is -2.30. The molecule has 0 aliphatic carbocycles. The van der Waals surface area contributed by atoms with Crippen LogP contribution in [-0.2, 0) is 6.42 Å². The van der Waals surface area contributed by atoms with Crippen LogP contribution in [-0.4, -0.2) is 39.8 Å². The second-order valence-corrected chi connectivity index (χ2v) is 8.03. The molecule has 3 aromatic carbocycles. The highest BCUT2D eigenvalue weighted by molar-refractivity contribution is 7.97. The Kier molecular flexibility index (Phi) is 6.54. The summed E-state index contributed by atoms with van der Waals surface area (Å²) in [6.45, 7) is 4.75. The molecule has 0 spiro atoms. The third-order valence-corrected chi connectivity index (χ3v) is 6.09. The van der Waals surface area contributed by atoms with Crippen LogP contribution in [0.25, 0.3) is 10.8 Å². The van der Waals surface area contributed by atoms with Gasteiger partial charge in [0.05, 0.1) is 12.8 Å². The van der Waals surface area contributed by atoms with Crippen molar-refractivity contribution in [2.75, 3.05) is 44.7 Å². The van der Waals surface area contributed by atoms with Crippen LogP contribution < -0.4 is 19.7 Å². The second-order valence-electron chi connectivity index (χ2n) is 7.07. The molecule has 0 amide bonds. The predicted octanol–water partition coefficient (Wildman–Crippen LogP) is 4.24. The average molecular weight is 412 g/mol. The minimum absolute atomic E-state index is 0.162. The van der Waals surface area contributed by atoms with Gasteiger partial charge < -0.3 is 15.0 Å². The topological polar surface area (TPSA) is 36.5 Å². The van der Waals surface area contributed by atoms with E-state index in [1.807, 2.05) is 36.4 Å². The Bertz CT molecular complexity index is 975. The summed E-state index contributed by atoms with van der Waals surface area (Å²) in [4.78, 5) is 3.52. The molecule has 29 heavy (non-hydrogen) atoms. The maximum atomic E-state index is 14.0. The largest absolute Gasteiger partial charge is 0.495 e. The van der Waals surface area contributed by atoms with Gasteiger partial charge in [-0.3, -0.25) is 4.72 Å². The predicted molar refractivity (Wildman–Crippen MR) is 120 cm³/mol. The third kappa shape index (κ3) is 4.66.